The molecular weight excluding hydrogens is 504 g/mol. The fourth-order valence-electron chi connectivity index (χ4n) is 4.37. The zero-order chi connectivity index (χ0) is 28.7. The number of carbonyl (C=O) groups is 4. The fraction of sp³-hybridized carbons (Fsp3) is 0.464. The van der Waals surface area contributed by atoms with Gasteiger partial charge in [0.05, 0.1) is 23.6 Å². The summed E-state index contributed by atoms with van der Waals surface area (Å²) >= 11 is 0. The molecule has 1 aromatic carbocycles. The standard InChI is InChI=1S/C28H36N4O7/c1-5-15(2)22-28(38)39-17(4)23(32-26(36)19-10-6-7-11-21(19)33)27(37)30-20(13-18-9-8-12-29-14-18)24(34)16(3)25(35)31-22/h6-12,14-17,20,22-24,33-34H,5,13H2,1-4H3,(H,30,37)(H,31,35)(H,32,36)/t15?,16-,17-,20+,22?,23+,24+/m1/s1. The van der Waals surface area contributed by atoms with Crippen molar-refractivity contribution < 1.29 is 34.1 Å². The molecule has 2 unspecified atom stereocenters. The van der Waals surface area contributed by atoms with Crippen LogP contribution >= 0.6 is 0 Å². The number of hydrogen-bond donors (Lipinski definition) is 5. The number of para-hydroxylation sites is 1. The molecule has 2 aromatic rings. The second-order valence-corrected chi connectivity index (χ2v) is 9.94. The number of carbonyl (C=O) groups excluding carboxylic acids is 4. The van der Waals surface area contributed by atoms with Crippen LogP contribution in [0.15, 0.2) is 48.8 Å². The number of ether oxygens (including phenoxy) is 1. The number of aliphatic hydroxyl groups is 1. The molecule has 39 heavy (non-hydrogen) atoms. The number of aromatic hydroxyl groups is 1. The number of nitrogens with zero attached hydrogens (tertiary/aromatic N) is 1. The van der Waals surface area contributed by atoms with Gasteiger partial charge < -0.3 is 30.9 Å². The lowest BCUT2D eigenvalue weighted by Crippen LogP contribution is -2.61. The number of esters is 1. The maximum Gasteiger partial charge on any atom is 0.329 e. The van der Waals surface area contributed by atoms with Crippen LogP contribution < -0.4 is 16.0 Å². The van der Waals surface area contributed by atoms with Gasteiger partial charge in [-0.05, 0) is 43.0 Å². The van der Waals surface area contributed by atoms with Gasteiger partial charge in [0.15, 0.2) is 0 Å². The van der Waals surface area contributed by atoms with E-state index in [0.29, 0.717) is 12.0 Å². The van der Waals surface area contributed by atoms with Crippen molar-refractivity contribution in [2.75, 3.05) is 0 Å². The molecule has 210 valence electrons. The SMILES string of the molecule is CCC(C)C1NC(=O)[C@H](C)[C@H](O)[C@H](Cc2cccnc2)NC(=O)[C@@H](NC(=O)c2ccccc2O)[C@@H](C)OC1=O. The Bertz CT molecular complexity index is 1180. The molecule has 0 spiro atoms. The van der Waals surface area contributed by atoms with Gasteiger partial charge in [-0.25, -0.2) is 4.79 Å². The maximum absolute atomic E-state index is 13.6. The minimum absolute atomic E-state index is 0.0692. The van der Waals surface area contributed by atoms with Crippen LogP contribution in [-0.4, -0.2) is 69.2 Å². The summed E-state index contributed by atoms with van der Waals surface area (Å²) in [5.74, 6) is -4.42. The number of aromatic nitrogens is 1. The van der Waals surface area contributed by atoms with Gasteiger partial charge in [-0.2, -0.15) is 0 Å². The molecule has 1 aliphatic rings. The van der Waals surface area contributed by atoms with Crippen molar-refractivity contribution in [3.63, 3.8) is 0 Å². The summed E-state index contributed by atoms with van der Waals surface area (Å²) in [4.78, 5) is 56.9. The molecule has 0 aliphatic carbocycles. The smallest absolute Gasteiger partial charge is 0.329 e. The zero-order valence-corrected chi connectivity index (χ0v) is 22.5. The first-order chi connectivity index (χ1) is 18.5. The van der Waals surface area contributed by atoms with Crippen molar-refractivity contribution in [2.45, 2.75) is 70.9 Å². The van der Waals surface area contributed by atoms with Crippen LogP contribution in [0, 0.1) is 11.8 Å². The van der Waals surface area contributed by atoms with E-state index >= 15 is 0 Å². The van der Waals surface area contributed by atoms with E-state index in [1.165, 1.54) is 26.0 Å². The quantitative estimate of drug-likeness (QED) is 0.340. The van der Waals surface area contributed by atoms with Crippen molar-refractivity contribution in [3.05, 3.63) is 59.9 Å². The van der Waals surface area contributed by atoms with Crippen molar-refractivity contribution in [3.8, 4) is 5.75 Å². The monoisotopic (exact) mass is 540 g/mol. The highest BCUT2D eigenvalue weighted by Gasteiger charge is 2.40. The Hall–Kier alpha value is -3.99. The van der Waals surface area contributed by atoms with Gasteiger partial charge in [0.1, 0.15) is 23.9 Å². The van der Waals surface area contributed by atoms with E-state index in [2.05, 4.69) is 20.9 Å². The molecule has 3 amide bonds. The van der Waals surface area contributed by atoms with E-state index in [1.54, 1.807) is 43.6 Å². The molecule has 1 saturated heterocycles. The van der Waals surface area contributed by atoms with Crippen LogP contribution in [0.25, 0.3) is 0 Å². The molecule has 0 bridgehead atoms. The first kappa shape index (κ1) is 29.6. The molecule has 1 aromatic heterocycles. The minimum Gasteiger partial charge on any atom is -0.507 e. The number of amides is 3. The Kier molecular flexibility index (Phi) is 10.00. The first-order valence-corrected chi connectivity index (χ1v) is 13.0. The van der Waals surface area contributed by atoms with Crippen molar-refractivity contribution in [1.29, 1.82) is 0 Å². The highest BCUT2D eigenvalue weighted by molar-refractivity contribution is 6.00. The third-order valence-corrected chi connectivity index (χ3v) is 7.10. The minimum atomic E-state index is -1.38. The largest absolute Gasteiger partial charge is 0.507 e. The average molecular weight is 541 g/mol. The molecule has 1 fully saturated rings. The number of hydrogen-bond acceptors (Lipinski definition) is 8. The fourth-order valence-corrected chi connectivity index (χ4v) is 4.37. The lowest BCUT2D eigenvalue weighted by molar-refractivity contribution is -0.157. The second-order valence-electron chi connectivity index (χ2n) is 9.94. The van der Waals surface area contributed by atoms with E-state index < -0.39 is 59.9 Å². The lowest BCUT2D eigenvalue weighted by atomic mass is 9.91. The molecule has 7 atom stereocenters. The first-order valence-electron chi connectivity index (χ1n) is 13.0. The van der Waals surface area contributed by atoms with Crippen LogP contribution in [0.2, 0.25) is 0 Å². The number of benzene rings is 1. The summed E-state index contributed by atoms with van der Waals surface area (Å²) < 4.78 is 5.61. The van der Waals surface area contributed by atoms with Crippen molar-refractivity contribution >= 4 is 23.7 Å². The van der Waals surface area contributed by atoms with Crippen LogP contribution in [0.1, 0.15) is 50.0 Å². The molecule has 1 aliphatic heterocycles. The Morgan fingerprint density at radius 1 is 1.10 bits per heavy atom. The number of pyridine rings is 1. The van der Waals surface area contributed by atoms with Crippen molar-refractivity contribution in [2.24, 2.45) is 11.8 Å². The average Bonchev–Trinajstić information content (AvgIpc) is 2.92. The zero-order valence-electron chi connectivity index (χ0n) is 22.5. The number of rotatable bonds is 6. The number of cyclic esters (lactones) is 1. The lowest BCUT2D eigenvalue weighted by Gasteiger charge is -2.34. The molecular formula is C28H36N4O7. The second kappa shape index (κ2) is 13.2. The Morgan fingerprint density at radius 2 is 1.82 bits per heavy atom. The normalized spacial score (nSPS) is 27.2. The molecule has 3 rings (SSSR count). The van der Waals surface area contributed by atoms with E-state index in [9.17, 15) is 29.4 Å². The summed E-state index contributed by atoms with van der Waals surface area (Å²) in [5.41, 5.74) is 0.633. The predicted octanol–water partition coefficient (Wildman–Crippen LogP) is 1.09. The van der Waals surface area contributed by atoms with Gasteiger partial charge in [0.25, 0.3) is 5.91 Å². The summed E-state index contributed by atoms with van der Waals surface area (Å²) in [6.07, 6.45) is 1.35. The van der Waals surface area contributed by atoms with Gasteiger partial charge in [0.2, 0.25) is 11.8 Å². The summed E-state index contributed by atoms with van der Waals surface area (Å²) in [7, 11) is 0. The summed E-state index contributed by atoms with van der Waals surface area (Å²) in [5, 5.41) is 29.4. The van der Waals surface area contributed by atoms with Gasteiger partial charge in [0, 0.05) is 12.4 Å². The van der Waals surface area contributed by atoms with Crippen LogP contribution in [0.4, 0.5) is 0 Å². The van der Waals surface area contributed by atoms with Gasteiger partial charge in [-0.1, -0.05) is 45.4 Å². The van der Waals surface area contributed by atoms with E-state index in [-0.39, 0.29) is 23.7 Å². The summed E-state index contributed by atoms with van der Waals surface area (Å²) in [6, 6.07) is 5.95. The topological polar surface area (TPSA) is 167 Å². The van der Waals surface area contributed by atoms with Gasteiger partial charge in [-0.15, -0.1) is 0 Å². The van der Waals surface area contributed by atoms with E-state index in [0.717, 1.165) is 0 Å². The molecule has 11 heteroatoms. The predicted molar refractivity (Wildman–Crippen MR) is 141 cm³/mol. The van der Waals surface area contributed by atoms with E-state index in [4.69, 9.17) is 4.74 Å². The highest BCUT2D eigenvalue weighted by Crippen LogP contribution is 2.19. The van der Waals surface area contributed by atoms with Gasteiger partial charge in [-0.3, -0.25) is 19.4 Å². The van der Waals surface area contributed by atoms with Crippen LogP contribution in [0.5, 0.6) is 5.75 Å². The third kappa shape index (κ3) is 7.32. The molecule has 5 N–H and O–H groups in total. The summed E-state index contributed by atoms with van der Waals surface area (Å²) in [6.45, 7) is 6.59. The third-order valence-electron chi connectivity index (χ3n) is 7.10. The van der Waals surface area contributed by atoms with Gasteiger partial charge >= 0.3 is 5.97 Å². The molecule has 11 nitrogen and oxygen atoms in total. The Morgan fingerprint density at radius 3 is 2.46 bits per heavy atom. The molecule has 2 heterocycles. The molecule has 0 radical (unpaired) electrons. The Balaban J connectivity index is 2.00. The van der Waals surface area contributed by atoms with Crippen molar-refractivity contribution in [1.82, 2.24) is 20.9 Å². The Labute approximate surface area is 227 Å². The number of phenolic OH excluding ortho intramolecular Hbond substituents is 1. The number of phenols is 1. The van der Waals surface area contributed by atoms with Crippen LogP contribution in [0.3, 0.4) is 0 Å². The molecule has 0 saturated carbocycles. The highest BCUT2D eigenvalue weighted by atomic mass is 16.5. The van der Waals surface area contributed by atoms with E-state index in [1.807, 2.05) is 6.92 Å². The maximum atomic E-state index is 13.6. The van der Waals surface area contributed by atoms with Crippen LogP contribution in [-0.2, 0) is 25.5 Å². The number of aliphatic hydroxyl groups excluding tert-OH is 1. The number of nitrogens with one attached hydrogen (secondary N) is 3.